The van der Waals surface area contributed by atoms with Crippen LogP contribution in [0, 0.1) is 0 Å². The van der Waals surface area contributed by atoms with E-state index >= 15 is 0 Å². The maximum atomic E-state index is 11.0. The number of amides is 1. The number of nitrogens with one attached hydrogen (secondary N) is 1. The van der Waals surface area contributed by atoms with Crippen LogP contribution in [0.25, 0.3) is 0 Å². The van der Waals surface area contributed by atoms with Crippen molar-refractivity contribution in [2.45, 2.75) is 26.3 Å². The van der Waals surface area contributed by atoms with Crippen molar-refractivity contribution in [2.75, 3.05) is 0 Å². The molecule has 4 heteroatoms. The predicted molar refractivity (Wildman–Crippen MR) is 42.6 cm³/mol. The molecule has 0 aromatic heterocycles. The Kier molecular flexibility index (Phi) is 2.17. The smallest absolute Gasteiger partial charge is 0.258 e. The molecule has 0 saturated carbocycles. The van der Waals surface area contributed by atoms with Gasteiger partial charge in [0.15, 0.2) is 5.78 Å². The largest absolute Gasteiger partial charge is 0.509 e. The van der Waals surface area contributed by atoms with Gasteiger partial charge in [-0.05, 0) is 13.3 Å². The van der Waals surface area contributed by atoms with E-state index < -0.39 is 5.91 Å². The third-order valence-corrected chi connectivity index (χ3v) is 1.88. The highest BCUT2D eigenvalue weighted by Gasteiger charge is 2.32. The molecule has 0 saturated heterocycles. The van der Waals surface area contributed by atoms with Gasteiger partial charge in [-0.3, -0.25) is 9.59 Å². The Morgan fingerprint density at radius 2 is 2.25 bits per heavy atom. The van der Waals surface area contributed by atoms with Crippen LogP contribution in [-0.4, -0.2) is 22.8 Å². The summed E-state index contributed by atoms with van der Waals surface area (Å²) in [5, 5.41) is 11.9. The van der Waals surface area contributed by atoms with Crippen molar-refractivity contribution in [1.82, 2.24) is 5.32 Å². The van der Waals surface area contributed by atoms with E-state index in [1.807, 2.05) is 6.92 Å². The van der Waals surface area contributed by atoms with E-state index in [-0.39, 0.29) is 23.2 Å². The molecule has 0 radical (unpaired) electrons. The Hall–Kier alpha value is -1.32. The van der Waals surface area contributed by atoms with Crippen LogP contribution < -0.4 is 5.32 Å². The van der Waals surface area contributed by atoms with Crippen molar-refractivity contribution in [3.05, 3.63) is 11.3 Å². The fourth-order valence-corrected chi connectivity index (χ4v) is 1.22. The molecular weight excluding hydrogens is 158 g/mol. The highest BCUT2D eigenvalue weighted by Crippen LogP contribution is 2.17. The van der Waals surface area contributed by atoms with E-state index in [0.29, 0.717) is 6.42 Å². The number of carbonyl (C=O) groups excluding carboxylic acids is 2. The van der Waals surface area contributed by atoms with Crippen LogP contribution in [0.3, 0.4) is 0 Å². The van der Waals surface area contributed by atoms with E-state index in [2.05, 4.69) is 5.32 Å². The highest BCUT2D eigenvalue weighted by molar-refractivity contribution is 6.20. The Morgan fingerprint density at radius 1 is 1.67 bits per heavy atom. The predicted octanol–water partition coefficient (Wildman–Crippen LogP) is 0.296. The quantitative estimate of drug-likeness (QED) is 0.584. The molecule has 1 heterocycles. The lowest BCUT2D eigenvalue weighted by Crippen LogP contribution is -2.28. The molecule has 1 amide bonds. The van der Waals surface area contributed by atoms with Gasteiger partial charge in [0.1, 0.15) is 11.3 Å². The number of ketones is 1. The number of aliphatic hydroxyl groups is 1. The van der Waals surface area contributed by atoms with Crippen LogP contribution in [-0.2, 0) is 9.59 Å². The third kappa shape index (κ3) is 1.20. The summed E-state index contributed by atoms with van der Waals surface area (Å²) < 4.78 is 0. The molecule has 1 atom stereocenters. The third-order valence-electron chi connectivity index (χ3n) is 1.88. The first-order valence-electron chi connectivity index (χ1n) is 3.82. The first-order valence-corrected chi connectivity index (χ1v) is 3.82. The zero-order chi connectivity index (χ0) is 9.30. The average molecular weight is 169 g/mol. The van der Waals surface area contributed by atoms with Crippen LogP contribution in [0.2, 0.25) is 0 Å². The van der Waals surface area contributed by atoms with Crippen LogP contribution in [0.4, 0.5) is 0 Å². The van der Waals surface area contributed by atoms with Gasteiger partial charge in [0, 0.05) is 0 Å². The number of carbonyl (C=O) groups is 2. The lowest BCUT2D eigenvalue weighted by molar-refractivity contribution is -0.121. The maximum absolute atomic E-state index is 11.0. The molecule has 0 aliphatic carbocycles. The minimum atomic E-state index is -0.466. The highest BCUT2D eigenvalue weighted by atomic mass is 16.3. The average Bonchev–Trinajstić information content (AvgIpc) is 2.25. The van der Waals surface area contributed by atoms with Crippen molar-refractivity contribution in [2.24, 2.45) is 0 Å². The fraction of sp³-hybridized carbons (Fsp3) is 0.500. The molecule has 4 nitrogen and oxygen atoms in total. The summed E-state index contributed by atoms with van der Waals surface area (Å²) in [6, 6.07) is -0.378. The van der Waals surface area contributed by atoms with Gasteiger partial charge in [0.2, 0.25) is 0 Å². The van der Waals surface area contributed by atoms with Gasteiger partial charge >= 0.3 is 0 Å². The van der Waals surface area contributed by atoms with Crippen molar-refractivity contribution in [3.63, 3.8) is 0 Å². The summed E-state index contributed by atoms with van der Waals surface area (Å²) in [6.07, 6.45) is 0.592. The second-order valence-electron chi connectivity index (χ2n) is 2.75. The summed E-state index contributed by atoms with van der Waals surface area (Å²) in [5.41, 5.74) is -0.0955. The Labute approximate surface area is 70.3 Å². The summed E-state index contributed by atoms with van der Waals surface area (Å²) in [4.78, 5) is 21.9. The Balaban J connectivity index is 3.01. The molecule has 0 spiro atoms. The number of hydrogen-bond donors (Lipinski definition) is 2. The van der Waals surface area contributed by atoms with Crippen LogP contribution in [0.1, 0.15) is 20.3 Å². The van der Waals surface area contributed by atoms with Crippen LogP contribution in [0.15, 0.2) is 11.3 Å². The summed E-state index contributed by atoms with van der Waals surface area (Å²) in [6.45, 7) is 3.09. The molecule has 1 rings (SSSR count). The van der Waals surface area contributed by atoms with Crippen LogP contribution >= 0.6 is 0 Å². The normalized spacial score (nSPS) is 22.8. The first-order chi connectivity index (χ1) is 5.57. The van der Waals surface area contributed by atoms with Gasteiger partial charge in [-0.1, -0.05) is 6.92 Å². The van der Waals surface area contributed by atoms with E-state index in [0.717, 1.165) is 0 Å². The van der Waals surface area contributed by atoms with Gasteiger partial charge in [-0.2, -0.15) is 0 Å². The standard InChI is InChI=1S/C8H11NO3/c1-3-5-7(11)6(4(2)10)8(12)9-5/h5,11H,3H2,1-2H3,(H,9,12)/t5-/m0/s1. The van der Waals surface area contributed by atoms with Crippen molar-refractivity contribution in [1.29, 1.82) is 0 Å². The van der Waals surface area contributed by atoms with Gasteiger partial charge < -0.3 is 10.4 Å². The topological polar surface area (TPSA) is 66.4 Å². The second kappa shape index (κ2) is 2.97. The zero-order valence-electron chi connectivity index (χ0n) is 7.05. The Morgan fingerprint density at radius 3 is 2.50 bits per heavy atom. The SMILES string of the molecule is CC[C@@H]1NC(=O)C(C(C)=O)=C1O. The lowest BCUT2D eigenvalue weighted by atomic mass is 10.1. The Bertz CT molecular complexity index is 267. The molecule has 0 aromatic rings. The van der Waals surface area contributed by atoms with E-state index in [1.54, 1.807) is 0 Å². The molecule has 1 aliphatic rings. The van der Waals surface area contributed by atoms with Crippen molar-refractivity contribution < 1.29 is 14.7 Å². The number of Topliss-reactive ketones (excluding diaryl/α,β-unsaturated/α-hetero) is 1. The number of rotatable bonds is 2. The molecule has 0 bridgehead atoms. The zero-order valence-corrected chi connectivity index (χ0v) is 7.05. The number of aliphatic hydroxyl groups excluding tert-OH is 1. The van der Waals surface area contributed by atoms with Crippen LogP contribution in [0.5, 0.6) is 0 Å². The first kappa shape index (κ1) is 8.77. The monoisotopic (exact) mass is 169 g/mol. The second-order valence-corrected chi connectivity index (χ2v) is 2.75. The molecule has 0 aromatic carbocycles. The molecule has 1 aliphatic heterocycles. The molecule has 2 N–H and O–H groups in total. The van der Waals surface area contributed by atoms with E-state index in [9.17, 15) is 14.7 Å². The molecule has 0 unspecified atom stereocenters. The van der Waals surface area contributed by atoms with Gasteiger partial charge in [-0.25, -0.2) is 0 Å². The molecule has 66 valence electrons. The number of hydrogen-bond acceptors (Lipinski definition) is 3. The van der Waals surface area contributed by atoms with E-state index in [1.165, 1.54) is 6.92 Å². The van der Waals surface area contributed by atoms with Gasteiger partial charge in [0.25, 0.3) is 5.91 Å². The minimum Gasteiger partial charge on any atom is -0.509 e. The fourth-order valence-electron chi connectivity index (χ4n) is 1.22. The maximum Gasteiger partial charge on any atom is 0.258 e. The minimum absolute atomic E-state index is 0.0955. The molecule has 12 heavy (non-hydrogen) atoms. The van der Waals surface area contributed by atoms with Crippen molar-refractivity contribution in [3.8, 4) is 0 Å². The summed E-state index contributed by atoms with van der Waals surface area (Å²) in [5.74, 6) is -0.970. The summed E-state index contributed by atoms with van der Waals surface area (Å²) in [7, 11) is 0. The lowest BCUT2D eigenvalue weighted by Gasteiger charge is -2.05. The van der Waals surface area contributed by atoms with Crippen molar-refractivity contribution >= 4 is 11.7 Å². The van der Waals surface area contributed by atoms with E-state index in [4.69, 9.17) is 0 Å². The summed E-state index contributed by atoms with van der Waals surface area (Å²) >= 11 is 0. The van der Waals surface area contributed by atoms with Gasteiger partial charge in [-0.15, -0.1) is 0 Å². The molecular formula is C8H11NO3. The molecule has 0 fully saturated rings. The van der Waals surface area contributed by atoms with Gasteiger partial charge in [0.05, 0.1) is 6.04 Å².